The van der Waals surface area contributed by atoms with Gasteiger partial charge in [-0.3, -0.25) is 19.2 Å². The number of hydrogen-bond donors (Lipinski definition) is 0. The average molecular weight is 511 g/mol. The van der Waals surface area contributed by atoms with Crippen LogP contribution >= 0.6 is 0 Å². The number of aryl methyl sites for hydroxylation is 1. The third-order valence-corrected chi connectivity index (χ3v) is 8.33. The first-order valence-corrected chi connectivity index (χ1v) is 13.3. The lowest BCUT2D eigenvalue weighted by Crippen LogP contribution is -2.31. The quantitative estimate of drug-likeness (QED) is 0.279. The number of carbonyl (C=O) groups excluding carboxylic acids is 4. The van der Waals surface area contributed by atoms with Crippen LogP contribution in [0.1, 0.15) is 38.2 Å². The zero-order valence-electron chi connectivity index (χ0n) is 21.6. The van der Waals surface area contributed by atoms with Gasteiger partial charge >= 0.3 is 5.97 Å². The van der Waals surface area contributed by atoms with Crippen molar-refractivity contribution in [3.05, 3.63) is 66.2 Å². The molecule has 0 spiro atoms. The van der Waals surface area contributed by atoms with Gasteiger partial charge in [0.25, 0.3) is 0 Å². The van der Waals surface area contributed by atoms with E-state index in [2.05, 4.69) is 6.92 Å². The van der Waals surface area contributed by atoms with Crippen LogP contribution in [0, 0.1) is 30.6 Å². The van der Waals surface area contributed by atoms with Crippen LogP contribution in [0.2, 0.25) is 0 Å². The van der Waals surface area contributed by atoms with E-state index >= 15 is 0 Å². The van der Waals surface area contributed by atoms with Crippen molar-refractivity contribution < 1.29 is 23.9 Å². The highest BCUT2D eigenvalue weighted by Crippen LogP contribution is 2.43. The summed E-state index contributed by atoms with van der Waals surface area (Å²) in [6.45, 7) is 4.18. The Labute approximate surface area is 221 Å². The molecule has 4 atom stereocenters. The van der Waals surface area contributed by atoms with Gasteiger partial charge in [0.15, 0.2) is 0 Å². The molecule has 0 aromatic heterocycles. The Hall–Kier alpha value is -4.00. The molecule has 194 valence electrons. The van der Waals surface area contributed by atoms with E-state index in [9.17, 15) is 19.2 Å². The number of rotatable bonds is 4. The Kier molecular flexibility index (Phi) is 6.01. The van der Waals surface area contributed by atoms with E-state index < -0.39 is 11.9 Å². The largest absolute Gasteiger partial charge is 0.426 e. The van der Waals surface area contributed by atoms with Crippen molar-refractivity contribution in [1.29, 1.82) is 0 Å². The third-order valence-electron chi connectivity index (χ3n) is 8.33. The van der Waals surface area contributed by atoms with Gasteiger partial charge in [-0.2, -0.15) is 0 Å². The molecule has 1 aliphatic carbocycles. The fraction of sp³-hybridized carbons (Fsp3) is 0.355. The van der Waals surface area contributed by atoms with Crippen LogP contribution in [0.15, 0.2) is 60.7 Å². The number of nitrogens with zero attached hydrogens (tertiary/aromatic N) is 2. The molecular weight excluding hydrogens is 480 g/mol. The number of hydrogen-bond acceptors (Lipinski definition) is 5. The molecule has 38 heavy (non-hydrogen) atoms. The van der Waals surface area contributed by atoms with Crippen molar-refractivity contribution in [2.75, 3.05) is 16.3 Å². The normalized spacial score (nSPS) is 25.3. The van der Waals surface area contributed by atoms with Gasteiger partial charge in [-0.05, 0) is 67.3 Å². The van der Waals surface area contributed by atoms with Gasteiger partial charge < -0.3 is 9.64 Å². The number of fused-ring (bicyclic) bond motifs is 2. The SMILES string of the molecule is Cc1cc(OC(=O)[C@@H]2CC(=O)N(c3cccc4ccccc34)C2)ccc1N1C(=O)[C@@H]2CC[C@@H](C)C[C@H]2C1=O. The number of anilines is 2. The van der Waals surface area contributed by atoms with Crippen LogP contribution < -0.4 is 14.5 Å². The Morgan fingerprint density at radius 1 is 0.895 bits per heavy atom. The van der Waals surface area contributed by atoms with Crippen molar-refractivity contribution in [2.45, 2.75) is 39.5 Å². The molecule has 0 radical (unpaired) electrons. The minimum atomic E-state index is -0.590. The van der Waals surface area contributed by atoms with Crippen molar-refractivity contribution >= 4 is 45.8 Å². The van der Waals surface area contributed by atoms with Gasteiger partial charge in [0.05, 0.1) is 29.1 Å². The second-order valence-corrected chi connectivity index (χ2v) is 10.9. The molecule has 2 heterocycles. The van der Waals surface area contributed by atoms with E-state index in [1.54, 1.807) is 30.0 Å². The number of imide groups is 1. The summed E-state index contributed by atoms with van der Waals surface area (Å²) in [4.78, 5) is 55.1. The van der Waals surface area contributed by atoms with Crippen LogP contribution in [-0.2, 0) is 19.2 Å². The fourth-order valence-corrected chi connectivity index (χ4v) is 6.31. The molecule has 0 N–H and O–H groups in total. The second kappa shape index (κ2) is 9.39. The Morgan fingerprint density at radius 3 is 2.47 bits per heavy atom. The molecule has 7 heteroatoms. The summed E-state index contributed by atoms with van der Waals surface area (Å²) >= 11 is 0. The van der Waals surface area contributed by atoms with Crippen molar-refractivity contribution in [2.24, 2.45) is 23.7 Å². The van der Waals surface area contributed by atoms with Gasteiger partial charge in [-0.25, -0.2) is 4.90 Å². The van der Waals surface area contributed by atoms with Crippen LogP contribution in [0.3, 0.4) is 0 Å². The zero-order chi connectivity index (χ0) is 26.6. The number of esters is 1. The molecule has 0 unspecified atom stereocenters. The summed E-state index contributed by atoms with van der Waals surface area (Å²) in [7, 11) is 0. The van der Waals surface area contributed by atoms with Crippen LogP contribution in [0.4, 0.5) is 11.4 Å². The summed E-state index contributed by atoms with van der Waals surface area (Å²) in [5.74, 6) is -1.14. The standard InChI is InChI=1S/C31H30N2O5/c1-18-10-12-24-25(14-18)30(36)33(29(24)35)26-13-11-22(15-19(26)2)38-31(37)21-16-28(34)32(17-21)27-9-5-7-20-6-3-4-8-23(20)27/h3-9,11,13,15,18,21,24-25H,10,12,14,16-17H2,1-2H3/t18-,21-,24-,25-/m1/s1. The summed E-state index contributed by atoms with van der Waals surface area (Å²) in [6.07, 6.45) is 2.54. The van der Waals surface area contributed by atoms with E-state index in [-0.39, 0.29) is 42.5 Å². The topological polar surface area (TPSA) is 84.0 Å². The van der Waals surface area contributed by atoms with E-state index in [1.165, 1.54) is 4.90 Å². The third kappa shape index (κ3) is 4.06. The van der Waals surface area contributed by atoms with E-state index in [4.69, 9.17) is 4.74 Å². The molecular formula is C31H30N2O5. The maximum Gasteiger partial charge on any atom is 0.316 e. The Bertz CT molecular complexity index is 1470. The van der Waals surface area contributed by atoms with E-state index in [0.717, 1.165) is 35.7 Å². The first kappa shape index (κ1) is 24.3. The molecule has 6 rings (SSSR count). The number of ether oxygens (including phenoxy) is 1. The summed E-state index contributed by atoms with van der Waals surface area (Å²) in [5, 5.41) is 1.99. The lowest BCUT2D eigenvalue weighted by atomic mass is 9.76. The maximum absolute atomic E-state index is 13.1. The molecule has 3 amide bonds. The fourth-order valence-electron chi connectivity index (χ4n) is 6.31. The van der Waals surface area contributed by atoms with Crippen molar-refractivity contribution in [1.82, 2.24) is 0 Å². The highest BCUT2D eigenvalue weighted by Gasteiger charge is 2.50. The highest BCUT2D eigenvalue weighted by atomic mass is 16.5. The second-order valence-electron chi connectivity index (χ2n) is 10.9. The summed E-state index contributed by atoms with van der Waals surface area (Å²) < 4.78 is 5.67. The smallest absolute Gasteiger partial charge is 0.316 e. The predicted molar refractivity (Wildman–Crippen MR) is 144 cm³/mol. The van der Waals surface area contributed by atoms with E-state index in [0.29, 0.717) is 22.9 Å². The van der Waals surface area contributed by atoms with Gasteiger partial charge in [0.1, 0.15) is 5.75 Å². The van der Waals surface area contributed by atoms with Crippen LogP contribution in [-0.4, -0.2) is 30.2 Å². The molecule has 1 saturated carbocycles. The lowest BCUT2D eigenvalue weighted by molar-refractivity contribution is -0.139. The predicted octanol–water partition coefficient (Wildman–Crippen LogP) is 5.03. The monoisotopic (exact) mass is 510 g/mol. The molecule has 3 fully saturated rings. The average Bonchev–Trinajstić information content (AvgIpc) is 3.41. The van der Waals surface area contributed by atoms with Crippen LogP contribution in [0.25, 0.3) is 10.8 Å². The van der Waals surface area contributed by atoms with E-state index in [1.807, 2.05) is 42.5 Å². The van der Waals surface area contributed by atoms with Gasteiger partial charge in [-0.1, -0.05) is 43.3 Å². The number of benzene rings is 3. The molecule has 3 aromatic rings. The van der Waals surface area contributed by atoms with Gasteiger partial charge in [0.2, 0.25) is 17.7 Å². The van der Waals surface area contributed by atoms with Gasteiger partial charge in [-0.15, -0.1) is 0 Å². The Morgan fingerprint density at radius 2 is 1.66 bits per heavy atom. The molecule has 3 aliphatic rings. The summed E-state index contributed by atoms with van der Waals surface area (Å²) in [6, 6.07) is 18.6. The highest BCUT2D eigenvalue weighted by molar-refractivity contribution is 6.22. The zero-order valence-corrected chi connectivity index (χ0v) is 21.6. The number of amides is 3. The van der Waals surface area contributed by atoms with Crippen molar-refractivity contribution in [3.63, 3.8) is 0 Å². The molecule has 3 aromatic carbocycles. The molecule has 2 saturated heterocycles. The minimum absolute atomic E-state index is 0.0805. The molecule has 2 aliphatic heterocycles. The number of carbonyl (C=O) groups is 4. The first-order chi connectivity index (χ1) is 18.3. The lowest BCUT2D eigenvalue weighted by Gasteiger charge is -2.25. The first-order valence-electron chi connectivity index (χ1n) is 13.3. The summed E-state index contributed by atoms with van der Waals surface area (Å²) in [5.41, 5.74) is 2.02. The van der Waals surface area contributed by atoms with Crippen LogP contribution in [0.5, 0.6) is 5.75 Å². The molecule has 7 nitrogen and oxygen atoms in total. The van der Waals surface area contributed by atoms with Crippen molar-refractivity contribution in [3.8, 4) is 5.75 Å². The Balaban J connectivity index is 1.17. The minimum Gasteiger partial charge on any atom is -0.426 e. The maximum atomic E-state index is 13.1. The van der Waals surface area contributed by atoms with Gasteiger partial charge in [0, 0.05) is 18.4 Å². The molecule has 0 bridgehead atoms.